The van der Waals surface area contributed by atoms with Crippen molar-refractivity contribution in [3.8, 4) is 0 Å². The molecule has 0 saturated carbocycles. The van der Waals surface area contributed by atoms with Gasteiger partial charge in [0.25, 0.3) is 0 Å². The van der Waals surface area contributed by atoms with E-state index in [1.165, 1.54) is 6.07 Å². The summed E-state index contributed by atoms with van der Waals surface area (Å²) in [5.74, 6) is 2.47. The molecule has 1 aromatic carbocycles. The number of rotatable bonds is 5. The van der Waals surface area contributed by atoms with Crippen LogP contribution < -0.4 is 5.32 Å². The molecule has 0 spiro atoms. The van der Waals surface area contributed by atoms with E-state index in [1.54, 1.807) is 13.2 Å². The molecule has 1 atom stereocenters. The standard InChI is InChI=1S/C18H28FN3OS/c1-13(2)17-11-22(7-8-24-17)18(20-3)21-10-14-5-6-16(19)15(9-14)12-23-4/h5-6,9,13,17H,7-8,10-12H2,1-4H3,(H,20,21). The molecule has 24 heavy (non-hydrogen) atoms. The summed E-state index contributed by atoms with van der Waals surface area (Å²) in [5.41, 5.74) is 1.61. The van der Waals surface area contributed by atoms with Crippen molar-refractivity contribution >= 4 is 17.7 Å². The largest absolute Gasteiger partial charge is 0.380 e. The number of guanidine groups is 1. The zero-order valence-electron chi connectivity index (χ0n) is 15.0. The van der Waals surface area contributed by atoms with Gasteiger partial charge in [0.2, 0.25) is 0 Å². The molecule has 1 N–H and O–H groups in total. The molecule has 1 fully saturated rings. The third-order valence-corrected chi connectivity index (χ3v) is 5.75. The molecule has 1 saturated heterocycles. The molecule has 2 rings (SSSR count). The zero-order chi connectivity index (χ0) is 17.5. The Kier molecular flexibility index (Phi) is 7.37. The van der Waals surface area contributed by atoms with E-state index in [2.05, 4.69) is 29.1 Å². The molecule has 6 heteroatoms. The molecule has 0 aromatic heterocycles. The number of halogens is 1. The highest BCUT2D eigenvalue weighted by atomic mass is 32.2. The van der Waals surface area contributed by atoms with Crippen molar-refractivity contribution < 1.29 is 9.13 Å². The average Bonchev–Trinajstić information content (AvgIpc) is 2.58. The highest BCUT2D eigenvalue weighted by molar-refractivity contribution is 8.00. The Morgan fingerprint density at radius 1 is 1.50 bits per heavy atom. The van der Waals surface area contributed by atoms with Gasteiger partial charge >= 0.3 is 0 Å². The van der Waals surface area contributed by atoms with Gasteiger partial charge in [-0.25, -0.2) is 4.39 Å². The van der Waals surface area contributed by atoms with Crippen molar-refractivity contribution in [1.82, 2.24) is 10.2 Å². The Morgan fingerprint density at radius 3 is 2.96 bits per heavy atom. The molecule has 0 radical (unpaired) electrons. The predicted octanol–water partition coefficient (Wildman–Crippen LogP) is 3.12. The van der Waals surface area contributed by atoms with E-state index in [1.807, 2.05) is 24.9 Å². The monoisotopic (exact) mass is 353 g/mol. The molecular formula is C18H28FN3OS. The SMILES string of the molecule is CN=C(NCc1ccc(F)c(COC)c1)N1CCSC(C(C)C)C1. The summed E-state index contributed by atoms with van der Waals surface area (Å²) in [4.78, 5) is 6.74. The van der Waals surface area contributed by atoms with E-state index in [9.17, 15) is 4.39 Å². The van der Waals surface area contributed by atoms with Crippen LogP contribution in [0.5, 0.6) is 0 Å². The number of nitrogens with one attached hydrogen (secondary N) is 1. The van der Waals surface area contributed by atoms with Crippen LogP contribution in [0.4, 0.5) is 4.39 Å². The number of hydrogen-bond donors (Lipinski definition) is 1. The number of hydrogen-bond acceptors (Lipinski definition) is 3. The molecule has 0 bridgehead atoms. The second-order valence-corrected chi connectivity index (χ2v) is 7.71. The summed E-state index contributed by atoms with van der Waals surface area (Å²) in [6, 6.07) is 5.15. The van der Waals surface area contributed by atoms with Gasteiger partial charge in [-0.3, -0.25) is 4.99 Å². The molecule has 134 valence electrons. The number of methoxy groups -OCH3 is 1. The van der Waals surface area contributed by atoms with Gasteiger partial charge in [-0.1, -0.05) is 19.9 Å². The van der Waals surface area contributed by atoms with Crippen molar-refractivity contribution in [3.63, 3.8) is 0 Å². The maximum absolute atomic E-state index is 13.7. The number of nitrogens with zero attached hydrogens (tertiary/aromatic N) is 2. The van der Waals surface area contributed by atoms with Gasteiger partial charge < -0.3 is 15.0 Å². The highest BCUT2D eigenvalue weighted by Gasteiger charge is 2.24. The van der Waals surface area contributed by atoms with Crippen LogP contribution in [-0.4, -0.2) is 49.1 Å². The van der Waals surface area contributed by atoms with E-state index in [-0.39, 0.29) is 12.4 Å². The fraction of sp³-hybridized carbons (Fsp3) is 0.611. The summed E-state index contributed by atoms with van der Waals surface area (Å²) in [5, 5.41) is 4.04. The maximum Gasteiger partial charge on any atom is 0.193 e. The lowest BCUT2D eigenvalue weighted by molar-refractivity contribution is 0.181. The number of thioether (sulfide) groups is 1. The fourth-order valence-corrected chi connectivity index (χ4v) is 4.09. The Labute approximate surface area is 148 Å². The minimum atomic E-state index is -0.224. The number of aliphatic imine (C=N–C) groups is 1. The van der Waals surface area contributed by atoms with Crippen LogP contribution in [0.1, 0.15) is 25.0 Å². The lowest BCUT2D eigenvalue weighted by Crippen LogP contribution is -2.48. The van der Waals surface area contributed by atoms with E-state index >= 15 is 0 Å². The molecule has 1 unspecified atom stereocenters. The van der Waals surface area contributed by atoms with E-state index in [0.29, 0.717) is 23.3 Å². The highest BCUT2D eigenvalue weighted by Crippen LogP contribution is 2.24. The van der Waals surface area contributed by atoms with Gasteiger partial charge in [0.15, 0.2) is 5.96 Å². The van der Waals surface area contributed by atoms with Crippen molar-refractivity contribution in [2.45, 2.75) is 32.2 Å². The molecule has 1 aliphatic heterocycles. The third-order valence-electron chi connectivity index (χ3n) is 4.21. The second kappa shape index (κ2) is 9.28. The molecule has 0 amide bonds. The van der Waals surface area contributed by atoms with E-state index < -0.39 is 0 Å². The van der Waals surface area contributed by atoms with Gasteiger partial charge in [0.05, 0.1) is 6.61 Å². The number of benzene rings is 1. The van der Waals surface area contributed by atoms with Crippen molar-refractivity contribution in [2.24, 2.45) is 10.9 Å². The van der Waals surface area contributed by atoms with E-state index in [0.717, 1.165) is 30.4 Å². The molecular weight excluding hydrogens is 325 g/mol. The summed E-state index contributed by atoms with van der Waals surface area (Å²) in [7, 11) is 3.39. The fourth-order valence-electron chi connectivity index (χ4n) is 2.79. The minimum Gasteiger partial charge on any atom is -0.380 e. The summed E-state index contributed by atoms with van der Waals surface area (Å²) in [6.07, 6.45) is 0. The first kappa shape index (κ1) is 19.1. The first-order chi connectivity index (χ1) is 11.5. The quantitative estimate of drug-likeness (QED) is 0.652. The van der Waals surface area contributed by atoms with Gasteiger partial charge in [0.1, 0.15) is 5.82 Å². The van der Waals surface area contributed by atoms with Crippen LogP contribution in [0.3, 0.4) is 0 Å². The van der Waals surface area contributed by atoms with E-state index in [4.69, 9.17) is 4.74 Å². The average molecular weight is 354 g/mol. The smallest absolute Gasteiger partial charge is 0.193 e. The first-order valence-corrected chi connectivity index (χ1v) is 9.43. The van der Waals surface area contributed by atoms with Gasteiger partial charge in [0, 0.05) is 50.4 Å². The Balaban J connectivity index is 1.97. The lowest BCUT2D eigenvalue weighted by Gasteiger charge is -2.36. The Bertz CT molecular complexity index is 565. The van der Waals surface area contributed by atoms with Crippen molar-refractivity contribution in [1.29, 1.82) is 0 Å². The predicted molar refractivity (Wildman–Crippen MR) is 100.0 cm³/mol. The van der Waals surface area contributed by atoms with Crippen LogP contribution >= 0.6 is 11.8 Å². The van der Waals surface area contributed by atoms with Crippen molar-refractivity contribution in [3.05, 3.63) is 35.1 Å². The van der Waals surface area contributed by atoms with Crippen LogP contribution in [0, 0.1) is 11.7 Å². The normalized spacial score (nSPS) is 19.0. The van der Waals surface area contributed by atoms with Gasteiger partial charge in [-0.05, 0) is 23.6 Å². The summed E-state index contributed by atoms with van der Waals surface area (Å²) < 4.78 is 18.7. The molecule has 1 aromatic rings. The number of ether oxygens (including phenoxy) is 1. The topological polar surface area (TPSA) is 36.9 Å². The molecule has 1 aliphatic rings. The van der Waals surface area contributed by atoms with Crippen molar-refractivity contribution in [2.75, 3.05) is 33.0 Å². The molecule has 4 nitrogen and oxygen atoms in total. The van der Waals surface area contributed by atoms with Crippen LogP contribution in [-0.2, 0) is 17.9 Å². The second-order valence-electron chi connectivity index (χ2n) is 6.36. The Morgan fingerprint density at radius 2 is 2.29 bits per heavy atom. The first-order valence-electron chi connectivity index (χ1n) is 8.38. The van der Waals surface area contributed by atoms with Crippen LogP contribution in [0.25, 0.3) is 0 Å². The summed E-state index contributed by atoms with van der Waals surface area (Å²) in [6.45, 7) is 7.47. The summed E-state index contributed by atoms with van der Waals surface area (Å²) >= 11 is 2.05. The molecule has 0 aliphatic carbocycles. The molecule has 1 heterocycles. The lowest BCUT2D eigenvalue weighted by atomic mass is 10.1. The van der Waals surface area contributed by atoms with Crippen LogP contribution in [0.2, 0.25) is 0 Å². The van der Waals surface area contributed by atoms with Gasteiger partial charge in [-0.15, -0.1) is 0 Å². The van der Waals surface area contributed by atoms with Gasteiger partial charge in [-0.2, -0.15) is 11.8 Å². The zero-order valence-corrected chi connectivity index (χ0v) is 15.8. The Hall–Kier alpha value is -1.27. The third kappa shape index (κ3) is 5.11. The minimum absolute atomic E-state index is 0.224. The van der Waals surface area contributed by atoms with Crippen LogP contribution in [0.15, 0.2) is 23.2 Å². The maximum atomic E-state index is 13.7.